The minimum Gasteiger partial charge on any atom is -0.465 e. The molecule has 0 unspecified atom stereocenters. The van der Waals surface area contributed by atoms with Crippen LogP contribution in [0.3, 0.4) is 0 Å². The summed E-state index contributed by atoms with van der Waals surface area (Å²) in [6.07, 6.45) is 1.03. The van der Waals surface area contributed by atoms with Gasteiger partial charge in [-0.3, -0.25) is 9.80 Å². The van der Waals surface area contributed by atoms with E-state index in [-0.39, 0.29) is 11.5 Å². The Morgan fingerprint density at radius 3 is 2.20 bits per heavy atom. The van der Waals surface area contributed by atoms with Crippen molar-refractivity contribution in [1.29, 1.82) is 0 Å². The molecule has 1 saturated heterocycles. The van der Waals surface area contributed by atoms with Gasteiger partial charge in [0.25, 0.3) is 0 Å². The molecule has 10 heteroatoms. The first kappa shape index (κ1) is 33.0. The Bertz CT molecular complexity index is 1350. The number of methoxy groups -OCH3 is 1. The molecule has 0 radical (unpaired) electrons. The summed E-state index contributed by atoms with van der Waals surface area (Å²) in [4.78, 5) is 55.7. The van der Waals surface area contributed by atoms with Crippen molar-refractivity contribution < 1.29 is 38.1 Å². The maximum Gasteiger partial charge on any atom is 0.415 e. The number of fused-ring (bicyclic) bond motifs is 3. The number of amides is 2. The quantitative estimate of drug-likeness (QED) is 0.145. The molecule has 2 amide bonds. The predicted octanol–water partition coefficient (Wildman–Crippen LogP) is 6.46. The molecule has 0 aliphatic carbocycles. The number of anilines is 1. The van der Waals surface area contributed by atoms with Crippen LogP contribution in [0.4, 0.5) is 15.3 Å². The molecule has 10 nitrogen and oxygen atoms in total. The maximum atomic E-state index is 13.9. The first-order valence-corrected chi connectivity index (χ1v) is 15.1. The number of ether oxygens (including phenoxy) is 4. The van der Waals surface area contributed by atoms with Gasteiger partial charge in [0.2, 0.25) is 0 Å². The third-order valence-corrected chi connectivity index (χ3v) is 7.68. The summed E-state index contributed by atoms with van der Waals surface area (Å²) in [5, 5.41) is 0. The summed E-state index contributed by atoms with van der Waals surface area (Å²) in [5.41, 5.74) is 0.812. The lowest BCUT2D eigenvalue weighted by molar-refractivity contribution is -0.112. The molecule has 2 heterocycles. The van der Waals surface area contributed by atoms with E-state index in [1.807, 2.05) is 30.3 Å². The molecule has 2 aliphatic heterocycles. The zero-order valence-electron chi connectivity index (χ0n) is 26.7. The molecule has 2 aliphatic rings. The Labute approximate surface area is 259 Å². The number of aldehydes is 1. The van der Waals surface area contributed by atoms with Gasteiger partial charge in [-0.2, -0.15) is 0 Å². The molecule has 0 saturated carbocycles. The van der Waals surface area contributed by atoms with Crippen LogP contribution >= 0.6 is 0 Å². The second-order valence-electron chi connectivity index (χ2n) is 13.3. The first-order chi connectivity index (χ1) is 20.7. The van der Waals surface area contributed by atoms with Gasteiger partial charge in [-0.05, 0) is 90.1 Å². The van der Waals surface area contributed by atoms with Crippen LogP contribution in [0.15, 0.2) is 48.5 Å². The Kier molecular flexibility index (Phi) is 10.0. The molecule has 4 rings (SSSR count). The highest BCUT2D eigenvalue weighted by molar-refractivity contribution is 5.95. The molecule has 4 atom stereocenters. The predicted molar refractivity (Wildman–Crippen MR) is 164 cm³/mol. The van der Waals surface area contributed by atoms with E-state index in [1.165, 1.54) is 12.0 Å². The van der Waals surface area contributed by atoms with E-state index in [0.717, 1.165) is 11.8 Å². The van der Waals surface area contributed by atoms with Gasteiger partial charge >= 0.3 is 18.2 Å². The topological polar surface area (TPSA) is 112 Å². The van der Waals surface area contributed by atoms with Gasteiger partial charge in [0.1, 0.15) is 17.5 Å². The number of hydrogen-bond acceptors (Lipinski definition) is 8. The van der Waals surface area contributed by atoms with Gasteiger partial charge in [-0.25, -0.2) is 14.4 Å². The highest BCUT2D eigenvalue weighted by Gasteiger charge is 2.55. The van der Waals surface area contributed by atoms with Crippen molar-refractivity contribution in [2.45, 2.75) is 96.7 Å². The monoisotopic (exact) mass is 608 g/mol. The average molecular weight is 609 g/mol. The summed E-state index contributed by atoms with van der Waals surface area (Å²) in [6, 6.07) is 12.9. The minimum absolute atomic E-state index is 0.264. The summed E-state index contributed by atoms with van der Waals surface area (Å²) in [6.45, 7) is 11.6. The zero-order valence-corrected chi connectivity index (χ0v) is 26.7. The number of likely N-dealkylation sites (tertiary alicyclic amines) is 1. The lowest BCUT2D eigenvalue weighted by Crippen LogP contribution is -2.52. The molecule has 1 fully saturated rings. The van der Waals surface area contributed by atoms with Gasteiger partial charge < -0.3 is 23.7 Å². The largest absolute Gasteiger partial charge is 0.465 e. The van der Waals surface area contributed by atoms with E-state index in [9.17, 15) is 19.2 Å². The lowest BCUT2D eigenvalue weighted by atomic mass is 9.79. The Morgan fingerprint density at radius 1 is 0.932 bits per heavy atom. The van der Waals surface area contributed by atoms with Crippen LogP contribution in [0.5, 0.6) is 0 Å². The highest BCUT2D eigenvalue weighted by atomic mass is 16.6. The van der Waals surface area contributed by atoms with Crippen molar-refractivity contribution in [3.05, 3.63) is 65.2 Å². The van der Waals surface area contributed by atoms with Crippen molar-refractivity contribution in [1.82, 2.24) is 4.90 Å². The van der Waals surface area contributed by atoms with Crippen LogP contribution in [-0.2, 0) is 30.3 Å². The van der Waals surface area contributed by atoms with Crippen molar-refractivity contribution in [2.24, 2.45) is 5.92 Å². The molecule has 44 heavy (non-hydrogen) atoms. The Hall–Kier alpha value is -3.92. The molecule has 0 spiro atoms. The molecule has 238 valence electrons. The second kappa shape index (κ2) is 13.4. The van der Waals surface area contributed by atoms with Crippen LogP contribution in [0, 0.1) is 5.92 Å². The fraction of sp³-hybridized carbons (Fsp3) is 0.529. The summed E-state index contributed by atoms with van der Waals surface area (Å²) in [7, 11) is 1.29. The second-order valence-corrected chi connectivity index (χ2v) is 13.3. The Morgan fingerprint density at radius 2 is 1.59 bits per heavy atom. The number of rotatable bonds is 8. The van der Waals surface area contributed by atoms with E-state index in [0.29, 0.717) is 43.7 Å². The molecule has 0 aromatic heterocycles. The normalized spacial score (nSPS) is 21.2. The van der Waals surface area contributed by atoms with Gasteiger partial charge in [0.05, 0.1) is 37.1 Å². The summed E-state index contributed by atoms with van der Waals surface area (Å²) in [5.74, 6) is -0.903. The molecule has 2 aromatic carbocycles. The Balaban J connectivity index is 1.75. The smallest absolute Gasteiger partial charge is 0.415 e. The standard InChI is InChI=1S/C34H44N2O8/c1-33(2,3)43-31(39)35-24(20-37)19-26-27(14-11-17-42-21-22-12-9-8-10-13-22)36(32(40)44-34(4,5)6)28-16-15-23(30(38)41-7)18-25(28)29(26)35/h8-10,12-13,15-16,18,20,24,26-27,29H,11,14,17,19,21H2,1-7H3/t24-,26+,27+,29-/m1/s1. The highest BCUT2D eigenvalue weighted by Crippen LogP contribution is 2.52. The third-order valence-electron chi connectivity index (χ3n) is 7.68. The van der Waals surface area contributed by atoms with Crippen molar-refractivity contribution >= 4 is 30.1 Å². The molecule has 0 N–H and O–H groups in total. The number of benzene rings is 2. The maximum absolute atomic E-state index is 13.9. The van der Waals surface area contributed by atoms with Crippen LogP contribution < -0.4 is 4.90 Å². The SMILES string of the molecule is COC(=O)c1ccc2c(c1)[C@@H]1[C@@H](C[C@H](C=O)N1C(=O)OC(C)(C)C)[C@H](CCCOCc1ccccc1)N2C(=O)OC(C)(C)C. The first-order valence-electron chi connectivity index (χ1n) is 15.1. The number of nitrogens with zero attached hydrogens (tertiary/aromatic N) is 2. The molecule has 0 bridgehead atoms. The van der Waals surface area contributed by atoms with Crippen LogP contribution in [0.25, 0.3) is 0 Å². The molecular formula is C34H44N2O8. The van der Waals surface area contributed by atoms with Crippen LogP contribution in [0.2, 0.25) is 0 Å². The number of hydrogen-bond donors (Lipinski definition) is 0. The van der Waals surface area contributed by atoms with Crippen LogP contribution in [-0.4, -0.2) is 66.3 Å². The van der Waals surface area contributed by atoms with Crippen LogP contribution in [0.1, 0.15) is 88.3 Å². The average Bonchev–Trinajstić information content (AvgIpc) is 3.35. The van der Waals surface area contributed by atoms with E-state index >= 15 is 0 Å². The minimum atomic E-state index is -0.800. The van der Waals surface area contributed by atoms with Gasteiger partial charge in [0, 0.05) is 18.6 Å². The number of carbonyl (C=O) groups is 4. The zero-order chi connectivity index (χ0) is 32.2. The van der Waals surface area contributed by atoms with Gasteiger partial charge in [0.15, 0.2) is 0 Å². The van der Waals surface area contributed by atoms with Gasteiger partial charge in [-0.15, -0.1) is 0 Å². The lowest BCUT2D eigenvalue weighted by Gasteiger charge is -2.45. The fourth-order valence-electron chi connectivity index (χ4n) is 6.04. The number of esters is 1. The van der Waals surface area contributed by atoms with Gasteiger partial charge in [-0.1, -0.05) is 30.3 Å². The summed E-state index contributed by atoms with van der Waals surface area (Å²) < 4.78 is 22.6. The van der Waals surface area contributed by atoms with Crippen molar-refractivity contribution in [2.75, 3.05) is 18.6 Å². The van der Waals surface area contributed by atoms with E-state index in [4.69, 9.17) is 18.9 Å². The van der Waals surface area contributed by atoms with E-state index in [2.05, 4.69) is 0 Å². The molecular weight excluding hydrogens is 564 g/mol. The molecule has 2 aromatic rings. The summed E-state index contributed by atoms with van der Waals surface area (Å²) >= 11 is 0. The third kappa shape index (κ3) is 7.59. The fourth-order valence-corrected chi connectivity index (χ4v) is 6.04. The van der Waals surface area contributed by atoms with E-state index < -0.39 is 47.5 Å². The van der Waals surface area contributed by atoms with Crippen molar-refractivity contribution in [3.63, 3.8) is 0 Å². The van der Waals surface area contributed by atoms with Crippen molar-refractivity contribution in [3.8, 4) is 0 Å². The van der Waals surface area contributed by atoms with E-state index in [1.54, 1.807) is 64.6 Å². The number of carbonyl (C=O) groups excluding carboxylic acids is 4.